The van der Waals surface area contributed by atoms with Crippen molar-refractivity contribution in [3.05, 3.63) is 150 Å². The number of benzene rings is 5. The fraction of sp³-hybridized carbons (Fsp3) is 0.400. The summed E-state index contributed by atoms with van der Waals surface area (Å²) in [4.78, 5) is 13.5. The van der Waals surface area contributed by atoms with Crippen LogP contribution in [0.1, 0.15) is 82.1 Å². The number of alkyl carbamates (subject to hydrolysis) is 1. The molecule has 0 heterocycles. The van der Waals surface area contributed by atoms with E-state index in [9.17, 15) is 4.79 Å². The minimum atomic E-state index is -1.25. The van der Waals surface area contributed by atoms with E-state index in [4.69, 9.17) is 28.5 Å². The maximum absolute atomic E-state index is 13.5. The Balaban J connectivity index is 1.24. The second-order valence-corrected chi connectivity index (χ2v) is 16.9. The molecule has 61 heavy (non-hydrogen) atoms. The van der Waals surface area contributed by atoms with Crippen molar-refractivity contribution >= 4 is 25.4 Å². The Morgan fingerprint density at radius 2 is 1.34 bits per heavy atom. The standard InChI is InChI=1S/C50H63N4O6P/c1-39(2)54(40(3)4)61(59-35-19-32-51)58-34-17-7-6-16-33-52-49(55)60-47(38-57-37-42-22-18-21-41-20-14-15-27-48(41)42)36-53-50(43-23-10-8-11-24-43,44-25-12-9-13-26-44)45-28-30-46(56-5)31-29-45/h8-15,18,20-31,39-40,47,53H,6-7,16-17,19,33-38H2,1-5H3,(H,52,55)/t47-,61?/m1/s1. The summed E-state index contributed by atoms with van der Waals surface area (Å²) >= 11 is 0. The van der Waals surface area contributed by atoms with Crippen LogP contribution in [0.3, 0.4) is 0 Å². The molecule has 11 heteroatoms. The molecule has 2 atom stereocenters. The van der Waals surface area contributed by atoms with Crippen LogP contribution in [0.2, 0.25) is 0 Å². The molecular formula is C50H63N4O6P. The van der Waals surface area contributed by atoms with Crippen LogP contribution in [-0.2, 0) is 30.7 Å². The number of amides is 1. The van der Waals surface area contributed by atoms with Gasteiger partial charge in [-0.15, -0.1) is 0 Å². The van der Waals surface area contributed by atoms with Gasteiger partial charge in [0.2, 0.25) is 0 Å². The number of carbonyl (C=O) groups excluding carboxylic acids is 1. The van der Waals surface area contributed by atoms with Crippen molar-refractivity contribution in [3.63, 3.8) is 0 Å². The van der Waals surface area contributed by atoms with Gasteiger partial charge in [0, 0.05) is 25.2 Å². The van der Waals surface area contributed by atoms with E-state index in [0.29, 0.717) is 39.3 Å². The Labute approximate surface area is 364 Å². The first-order valence-corrected chi connectivity index (χ1v) is 22.6. The van der Waals surface area contributed by atoms with Gasteiger partial charge in [0.05, 0.1) is 51.6 Å². The minimum absolute atomic E-state index is 0.180. The van der Waals surface area contributed by atoms with Gasteiger partial charge in [0.25, 0.3) is 8.53 Å². The average Bonchev–Trinajstić information content (AvgIpc) is 3.28. The molecule has 0 spiro atoms. The van der Waals surface area contributed by atoms with Crippen LogP contribution in [0.5, 0.6) is 5.75 Å². The largest absolute Gasteiger partial charge is 0.497 e. The van der Waals surface area contributed by atoms with E-state index in [2.05, 4.69) is 110 Å². The van der Waals surface area contributed by atoms with Crippen molar-refractivity contribution in [3.8, 4) is 11.8 Å². The fourth-order valence-corrected chi connectivity index (χ4v) is 9.19. The number of ether oxygens (including phenoxy) is 3. The predicted octanol–water partition coefficient (Wildman–Crippen LogP) is 10.9. The maximum Gasteiger partial charge on any atom is 0.407 e. The topological polar surface area (TPSA) is 114 Å². The predicted molar refractivity (Wildman–Crippen MR) is 245 cm³/mol. The summed E-state index contributed by atoms with van der Waals surface area (Å²) in [6.07, 6.45) is 2.77. The van der Waals surface area contributed by atoms with E-state index in [1.165, 1.54) is 0 Å². The molecular weight excluding hydrogens is 784 g/mol. The molecule has 324 valence electrons. The van der Waals surface area contributed by atoms with Gasteiger partial charge >= 0.3 is 6.09 Å². The van der Waals surface area contributed by atoms with Crippen LogP contribution in [0.15, 0.2) is 127 Å². The monoisotopic (exact) mass is 846 g/mol. The van der Waals surface area contributed by atoms with Crippen LogP contribution in [0.25, 0.3) is 10.8 Å². The molecule has 10 nitrogen and oxygen atoms in total. The van der Waals surface area contributed by atoms with Crippen molar-refractivity contribution in [2.75, 3.05) is 40.0 Å². The first kappa shape index (κ1) is 47.2. The Morgan fingerprint density at radius 3 is 2.00 bits per heavy atom. The molecule has 0 saturated carbocycles. The van der Waals surface area contributed by atoms with Crippen molar-refractivity contribution < 1.29 is 28.1 Å². The number of carbonyl (C=O) groups is 1. The third-order valence-corrected chi connectivity index (χ3v) is 12.6. The molecule has 0 fully saturated rings. The number of methoxy groups -OCH3 is 1. The summed E-state index contributed by atoms with van der Waals surface area (Å²) in [6.45, 7) is 10.8. The zero-order chi connectivity index (χ0) is 43.3. The highest BCUT2D eigenvalue weighted by Crippen LogP contribution is 2.46. The molecule has 1 amide bonds. The van der Waals surface area contributed by atoms with Crippen LogP contribution in [0, 0.1) is 11.3 Å². The highest BCUT2D eigenvalue weighted by molar-refractivity contribution is 7.44. The van der Waals surface area contributed by atoms with Gasteiger partial charge in [-0.2, -0.15) is 5.26 Å². The lowest BCUT2D eigenvalue weighted by atomic mass is 9.77. The number of nitriles is 1. The van der Waals surface area contributed by atoms with Crippen LogP contribution in [0.4, 0.5) is 4.79 Å². The summed E-state index contributed by atoms with van der Waals surface area (Å²) in [6, 6.07) is 45.9. The average molecular weight is 847 g/mol. The number of unbranched alkanes of at least 4 members (excludes halogenated alkanes) is 3. The molecule has 2 N–H and O–H groups in total. The van der Waals surface area contributed by atoms with E-state index in [-0.39, 0.29) is 18.7 Å². The molecule has 5 aromatic carbocycles. The quantitative estimate of drug-likeness (QED) is 0.0319. The zero-order valence-corrected chi connectivity index (χ0v) is 37.3. The van der Waals surface area contributed by atoms with E-state index in [1.54, 1.807) is 7.11 Å². The second kappa shape index (κ2) is 25.2. The van der Waals surface area contributed by atoms with Gasteiger partial charge in [0.1, 0.15) is 11.9 Å². The molecule has 0 bridgehead atoms. The van der Waals surface area contributed by atoms with Crippen molar-refractivity contribution in [2.24, 2.45) is 0 Å². The highest BCUT2D eigenvalue weighted by Gasteiger charge is 2.37. The smallest absolute Gasteiger partial charge is 0.407 e. The summed E-state index contributed by atoms with van der Waals surface area (Å²) in [5.41, 5.74) is 3.36. The van der Waals surface area contributed by atoms with Gasteiger partial charge in [-0.25, -0.2) is 9.46 Å². The van der Waals surface area contributed by atoms with Crippen molar-refractivity contribution in [2.45, 2.75) is 90.1 Å². The number of nitrogens with zero attached hydrogens (tertiary/aromatic N) is 2. The number of fused-ring (bicyclic) bond motifs is 1. The van der Waals surface area contributed by atoms with Gasteiger partial charge in [-0.05, 0) is 85.7 Å². The Hall–Kier alpha value is -4.85. The molecule has 0 saturated heterocycles. The Kier molecular flexibility index (Phi) is 19.5. The third-order valence-electron chi connectivity index (χ3n) is 10.5. The summed E-state index contributed by atoms with van der Waals surface area (Å²) in [5.74, 6) is 0.763. The van der Waals surface area contributed by atoms with Gasteiger partial charge < -0.3 is 28.6 Å². The SMILES string of the molecule is COc1ccc(C(NC[C@H](COCc2cccc3ccccc23)OC(=O)NCCCCCCOP(OCCC#N)N(C(C)C)C(C)C)(c2ccccc2)c2ccccc2)cc1. The maximum atomic E-state index is 13.5. The van der Waals surface area contributed by atoms with E-state index in [0.717, 1.165) is 64.5 Å². The van der Waals surface area contributed by atoms with E-state index < -0.39 is 26.3 Å². The highest BCUT2D eigenvalue weighted by atomic mass is 31.2. The van der Waals surface area contributed by atoms with Crippen LogP contribution >= 0.6 is 8.53 Å². The molecule has 0 radical (unpaired) electrons. The minimum Gasteiger partial charge on any atom is -0.497 e. The number of hydrogen-bond donors (Lipinski definition) is 2. The zero-order valence-electron chi connectivity index (χ0n) is 36.4. The lowest BCUT2D eigenvalue weighted by Crippen LogP contribution is -2.49. The molecule has 5 aromatic rings. The first-order chi connectivity index (χ1) is 29.8. The lowest BCUT2D eigenvalue weighted by Gasteiger charge is -2.38. The van der Waals surface area contributed by atoms with Gasteiger partial charge in [-0.3, -0.25) is 5.32 Å². The lowest BCUT2D eigenvalue weighted by molar-refractivity contribution is 0.0122. The van der Waals surface area contributed by atoms with Gasteiger partial charge in [0.15, 0.2) is 0 Å². The van der Waals surface area contributed by atoms with Crippen LogP contribution in [-0.4, -0.2) is 69.0 Å². The normalized spacial score (nSPS) is 12.7. The summed E-state index contributed by atoms with van der Waals surface area (Å²) < 4.78 is 32.6. The van der Waals surface area contributed by atoms with Gasteiger partial charge in [-0.1, -0.05) is 128 Å². The number of nitrogens with one attached hydrogen (secondary N) is 2. The van der Waals surface area contributed by atoms with Crippen molar-refractivity contribution in [1.29, 1.82) is 5.26 Å². The molecule has 1 unspecified atom stereocenters. The summed E-state index contributed by atoms with van der Waals surface area (Å²) in [7, 11) is 0.414. The molecule has 0 aliphatic heterocycles. The fourth-order valence-electron chi connectivity index (χ4n) is 7.56. The first-order valence-electron chi connectivity index (χ1n) is 21.5. The Morgan fingerprint density at radius 1 is 0.738 bits per heavy atom. The second-order valence-electron chi connectivity index (χ2n) is 15.5. The van der Waals surface area contributed by atoms with E-state index in [1.807, 2.05) is 66.7 Å². The molecule has 0 aliphatic rings. The number of hydrogen-bond acceptors (Lipinski definition) is 9. The summed E-state index contributed by atoms with van der Waals surface area (Å²) in [5, 5.41) is 18.1. The van der Waals surface area contributed by atoms with E-state index >= 15 is 0 Å². The molecule has 0 aliphatic carbocycles. The van der Waals surface area contributed by atoms with Crippen molar-refractivity contribution in [1.82, 2.24) is 15.3 Å². The van der Waals surface area contributed by atoms with Crippen LogP contribution < -0.4 is 15.4 Å². The number of rotatable bonds is 26. The third kappa shape index (κ3) is 13.8. The molecule has 5 rings (SSSR count). The molecule has 0 aromatic heterocycles. The Bertz CT molecular complexity index is 2010.